The minimum absolute atomic E-state index is 0.0838. The Balaban J connectivity index is 1.61. The third-order valence-corrected chi connectivity index (χ3v) is 7.48. The molecule has 1 aromatic carbocycles. The predicted octanol–water partition coefficient (Wildman–Crippen LogP) is 3.35. The van der Waals surface area contributed by atoms with E-state index in [1.165, 1.54) is 23.2 Å². The summed E-state index contributed by atoms with van der Waals surface area (Å²) in [7, 11) is -3.83. The van der Waals surface area contributed by atoms with Gasteiger partial charge in [-0.05, 0) is 37.0 Å². The van der Waals surface area contributed by atoms with E-state index in [1.807, 2.05) is 0 Å². The first-order valence-corrected chi connectivity index (χ1v) is 11.1. The van der Waals surface area contributed by atoms with E-state index in [2.05, 4.69) is 4.74 Å². The van der Waals surface area contributed by atoms with Gasteiger partial charge in [0.1, 0.15) is 5.75 Å². The molecule has 6 nitrogen and oxygen atoms in total. The van der Waals surface area contributed by atoms with Crippen LogP contribution in [0.25, 0.3) is 0 Å². The summed E-state index contributed by atoms with van der Waals surface area (Å²) >= 11 is 5.87. The Morgan fingerprint density at radius 3 is 2.39 bits per heavy atom. The van der Waals surface area contributed by atoms with Gasteiger partial charge in [0.15, 0.2) is 0 Å². The molecule has 28 heavy (non-hydrogen) atoms. The fourth-order valence-corrected chi connectivity index (χ4v) is 5.49. The number of alkyl halides is 2. The monoisotopic (exact) mass is 436 g/mol. The summed E-state index contributed by atoms with van der Waals surface area (Å²) in [6, 6.07) is 3.41. The van der Waals surface area contributed by atoms with Gasteiger partial charge in [0.05, 0.1) is 9.92 Å². The van der Waals surface area contributed by atoms with Crippen molar-refractivity contribution in [3.05, 3.63) is 23.2 Å². The highest BCUT2D eigenvalue weighted by Crippen LogP contribution is 2.31. The highest BCUT2D eigenvalue weighted by atomic mass is 35.5. The minimum atomic E-state index is -3.83. The second kappa shape index (κ2) is 8.92. The standard InChI is InChI=1S/C18H23ClF2N2O4S/c19-15-12-14(5-6-16(15)27-18(20)21)28(25,26)23-9-7-22(8-10-23)17(24)11-13-3-1-2-4-13/h5-6,12-13,18H,1-4,7-11H2. The van der Waals surface area contributed by atoms with Crippen molar-refractivity contribution in [3.8, 4) is 5.75 Å². The van der Waals surface area contributed by atoms with Gasteiger partial charge in [-0.15, -0.1) is 0 Å². The van der Waals surface area contributed by atoms with Crippen LogP contribution in [0.2, 0.25) is 5.02 Å². The van der Waals surface area contributed by atoms with Gasteiger partial charge >= 0.3 is 6.61 Å². The third-order valence-electron chi connectivity index (χ3n) is 5.29. The second-order valence-corrected chi connectivity index (χ2v) is 9.46. The van der Waals surface area contributed by atoms with Crippen LogP contribution < -0.4 is 4.74 Å². The Kier molecular flexibility index (Phi) is 6.77. The quantitative estimate of drug-likeness (QED) is 0.685. The molecular formula is C18H23ClF2N2O4S. The first-order chi connectivity index (χ1) is 13.3. The molecule has 156 valence electrons. The molecule has 2 aliphatic rings. The molecule has 0 unspecified atom stereocenters. The molecule has 1 amide bonds. The van der Waals surface area contributed by atoms with Crippen LogP contribution in [0, 0.1) is 5.92 Å². The first-order valence-electron chi connectivity index (χ1n) is 9.29. The van der Waals surface area contributed by atoms with Gasteiger partial charge in [0.25, 0.3) is 0 Å². The highest BCUT2D eigenvalue weighted by molar-refractivity contribution is 7.89. The summed E-state index contributed by atoms with van der Waals surface area (Å²) < 4.78 is 55.8. The average Bonchev–Trinajstić information content (AvgIpc) is 3.16. The van der Waals surface area contributed by atoms with Gasteiger partial charge in [-0.3, -0.25) is 4.79 Å². The van der Waals surface area contributed by atoms with E-state index in [9.17, 15) is 22.0 Å². The third kappa shape index (κ3) is 4.93. The van der Waals surface area contributed by atoms with Gasteiger partial charge < -0.3 is 9.64 Å². The van der Waals surface area contributed by atoms with E-state index in [-0.39, 0.29) is 34.7 Å². The average molecular weight is 437 g/mol. The molecule has 0 aromatic heterocycles. The number of rotatable bonds is 6. The molecule has 1 heterocycles. The maximum absolute atomic E-state index is 12.8. The van der Waals surface area contributed by atoms with Crippen molar-refractivity contribution >= 4 is 27.5 Å². The van der Waals surface area contributed by atoms with Crippen LogP contribution in [0.15, 0.2) is 23.1 Å². The Bertz CT molecular complexity index is 808. The second-order valence-electron chi connectivity index (χ2n) is 7.11. The molecule has 3 rings (SSSR count). The fourth-order valence-electron chi connectivity index (χ4n) is 3.75. The predicted molar refractivity (Wildman–Crippen MR) is 100.0 cm³/mol. The van der Waals surface area contributed by atoms with Crippen molar-refractivity contribution in [2.75, 3.05) is 26.2 Å². The molecule has 2 fully saturated rings. The van der Waals surface area contributed by atoms with Crippen molar-refractivity contribution in [2.24, 2.45) is 5.92 Å². The highest BCUT2D eigenvalue weighted by Gasteiger charge is 2.31. The first kappa shape index (κ1) is 21.3. The molecule has 10 heteroatoms. The van der Waals surface area contributed by atoms with Crippen LogP contribution in [-0.2, 0) is 14.8 Å². The number of carbonyl (C=O) groups excluding carboxylic acids is 1. The maximum atomic E-state index is 12.8. The zero-order valence-corrected chi connectivity index (χ0v) is 16.9. The molecule has 0 N–H and O–H groups in total. The van der Waals surface area contributed by atoms with Crippen LogP contribution in [0.5, 0.6) is 5.75 Å². The Morgan fingerprint density at radius 1 is 1.18 bits per heavy atom. The van der Waals surface area contributed by atoms with E-state index in [4.69, 9.17) is 11.6 Å². The van der Waals surface area contributed by atoms with Crippen molar-refractivity contribution in [1.29, 1.82) is 0 Å². The number of nitrogens with zero attached hydrogens (tertiary/aromatic N) is 2. The molecule has 0 atom stereocenters. The number of halogens is 3. The molecule has 1 saturated heterocycles. The van der Waals surface area contributed by atoms with E-state index < -0.39 is 16.6 Å². The SMILES string of the molecule is O=C(CC1CCCC1)N1CCN(S(=O)(=O)c2ccc(OC(F)F)c(Cl)c2)CC1. The van der Waals surface area contributed by atoms with Crippen molar-refractivity contribution in [1.82, 2.24) is 9.21 Å². The number of ether oxygens (including phenoxy) is 1. The lowest BCUT2D eigenvalue weighted by Gasteiger charge is -2.34. The molecule has 1 saturated carbocycles. The van der Waals surface area contributed by atoms with E-state index in [0.29, 0.717) is 25.4 Å². The van der Waals surface area contributed by atoms with Gasteiger partial charge in [-0.2, -0.15) is 13.1 Å². The van der Waals surface area contributed by atoms with E-state index in [0.717, 1.165) is 25.0 Å². The zero-order chi connectivity index (χ0) is 20.3. The normalized spacial score (nSPS) is 19.4. The number of sulfonamides is 1. The molecule has 0 bridgehead atoms. The van der Waals surface area contributed by atoms with Crippen LogP contribution in [0.4, 0.5) is 8.78 Å². The topological polar surface area (TPSA) is 66.9 Å². The molecular weight excluding hydrogens is 414 g/mol. The molecule has 1 aromatic rings. The lowest BCUT2D eigenvalue weighted by Crippen LogP contribution is -2.50. The van der Waals surface area contributed by atoms with Crippen LogP contribution in [-0.4, -0.2) is 56.3 Å². The molecule has 0 radical (unpaired) electrons. The zero-order valence-electron chi connectivity index (χ0n) is 15.3. The summed E-state index contributed by atoms with van der Waals surface area (Å²) in [4.78, 5) is 14.0. The molecule has 1 aliphatic carbocycles. The number of hydrogen-bond donors (Lipinski definition) is 0. The van der Waals surface area contributed by atoms with Crippen LogP contribution in [0.3, 0.4) is 0 Å². The summed E-state index contributed by atoms with van der Waals surface area (Å²) in [5, 5.41) is -0.202. The Morgan fingerprint density at radius 2 is 1.82 bits per heavy atom. The number of piperazine rings is 1. The summed E-state index contributed by atoms with van der Waals surface area (Å²) in [5.74, 6) is 0.254. The minimum Gasteiger partial charge on any atom is -0.433 e. The van der Waals surface area contributed by atoms with E-state index >= 15 is 0 Å². The molecule has 0 spiro atoms. The number of hydrogen-bond acceptors (Lipinski definition) is 4. The Labute approximate surface area is 168 Å². The van der Waals surface area contributed by atoms with Crippen LogP contribution in [0.1, 0.15) is 32.1 Å². The Hall–Kier alpha value is -1.45. The van der Waals surface area contributed by atoms with Crippen molar-refractivity contribution < 1.29 is 26.7 Å². The number of carbonyl (C=O) groups is 1. The smallest absolute Gasteiger partial charge is 0.387 e. The number of amides is 1. The summed E-state index contributed by atoms with van der Waals surface area (Å²) in [6.45, 7) is -2.00. The van der Waals surface area contributed by atoms with Gasteiger partial charge in [0.2, 0.25) is 15.9 Å². The van der Waals surface area contributed by atoms with Gasteiger partial charge in [-0.25, -0.2) is 8.42 Å². The lowest BCUT2D eigenvalue weighted by molar-refractivity contribution is -0.133. The lowest BCUT2D eigenvalue weighted by atomic mass is 10.0. The summed E-state index contributed by atoms with van der Waals surface area (Å²) in [6.07, 6.45) is 5.06. The maximum Gasteiger partial charge on any atom is 0.387 e. The van der Waals surface area contributed by atoms with Crippen LogP contribution >= 0.6 is 11.6 Å². The fraction of sp³-hybridized carbons (Fsp3) is 0.611. The molecule has 1 aliphatic heterocycles. The van der Waals surface area contributed by atoms with Crippen molar-refractivity contribution in [3.63, 3.8) is 0 Å². The van der Waals surface area contributed by atoms with Crippen molar-refractivity contribution in [2.45, 2.75) is 43.6 Å². The van der Waals surface area contributed by atoms with Gasteiger partial charge in [-0.1, -0.05) is 24.4 Å². The van der Waals surface area contributed by atoms with Gasteiger partial charge in [0, 0.05) is 32.6 Å². The summed E-state index contributed by atoms with van der Waals surface area (Å²) in [5.41, 5.74) is 0. The largest absolute Gasteiger partial charge is 0.433 e. The number of benzene rings is 1. The van der Waals surface area contributed by atoms with E-state index in [1.54, 1.807) is 4.90 Å².